The molecule has 0 heterocycles. The zero-order chi connectivity index (χ0) is 10.4. The maximum absolute atomic E-state index is 5.98. The van der Waals surface area contributed by atoms with Crippen LogP contribution in [-0.4, -0.2) is 18.6 Å². The van der Waals surface area contributed by atoms with Crippen molar-refractivity contribution in [1.82, 2.24) is 0 Å². The van der Waals surface area contributed by atoms with Crippen molar-refractivity contribution >= 4 is 23.4 Å². The molecule has 0 amide bonds. The second-order valence-corrected chi connectivity index (χ2v) is 4.15. The molecule has 0 unspecified atom stereocenters. The fourth-order valence-corrected chi connectivity index (χ4v) is 1.60. The van der Waals surface area contributed by atoms with Crippen molar-refractivity contribution in [1.29, 1.82) is 0 Å². The Kier molecular flexibility index (Phi) is 5.15. The molecule has 0 atom stereocenters. The lowest BCUT2D eigenvalue weighted by molar-refractivity contribution is 0.340. The molecule has 0 bridgehead atoms. The number of nitrogens with two attached hydrogens (primary N) is 1. The molecule has 0 aliphatic carbocycles. The number of ether oxygens (including phenoxy) is 1. The van der Waals surface area contributed by atoms with Crippen LogP contribution in [0.2, 0.25) is 5.02 Å². The highest BCUT2D eigenvalue weighted by Gasteiger charge is 2.05. The van der Waals surface area contributed by atoms with E-state index in [1.54, 1.807) is 11.8 Å². The largest absolute Gasteiger partial charge is 0.492 e. The average Bonchev–Trinajstić information content (AvgIpc) is 2.18. The van der Waals surface area contributed by atoms with Crippen LogP contribution in [0.5, 0.6) is 5.75 Å². The minimum atomic E-state index is 0.411. The van der Waals surface area contributed by atoms with Gasteiger partial charge in [0.25, 0.3) is 0 Å². The fraction of sp³-hybridized carbons (Fsp3) is 0.400. The molecule has 4 heteroatoms. The molecule has 78 valence electrons. The van der Waals surface area contributed by atoms with Gasteiger partial charge in [-0.15, -0.1) is 0 Å². The van der Waals surface area contributed by atoms with E-state index in [2.05, 4.69) is 0 Å². The van der Waals surface area contributed by atoms with E-state index in [1.165, 1.54) is 0 Å². The summed E-state index contributed by atoms with van der Waals surface area (Å²) >= 11 is 7.73. The molecule has 2 N–H and O–H groups in total. The van der Waals surface area contributed by atoms with Gasteiger partial charge in [-0.05, 0) is 18.4 Å². The minimum Gasteiger partial charge on any atom is -0.492 e. The van der Waals surface area contributed by atoms with E-state index in [-0.39, 0.29) is 0 Å². The average molecular weight is 232 g/mol. The summed E-state index contributed by atoms with van der Waals surface area (Å²) in [6, 6.07) is 5.59. The van der Waals surface area contributed by atoms with Crippen LogP contribution in [0.25, 0.3) is 0 Å². The molecule has 14 heavy (non-hydrogen) atoms. The standard InChI is InChI=1S/C10H14ClNOS/c1-14-6-5-13-10-4-2-3-9(11)8(10)7-12/h2-4H,5-7,12H2,1H3. The second-order valence-electron chi connectivity index (χ2n) is 2.76. The smallest absolute Gasteiger partial charge is 0.125 e. The van der Waals surface area contributed by atoms with Crippen molar-refractivity contribution in [2.45, 2.75) is 6.54 Å². The summed E-state index contributed by atoms with van der Waals surface area (Å²) in [5, 5.41) is 0.675. The van der Waals surface area contributed by atoms with Crippen molar-refractivity contribution in [3.8, 4) is 5.75 Å². The van der Waals surface area contributed by atoms with Gasteiger partial charge in [-0.3, -0.25) is 0 Å². The normalized spacial score (nSPS) is 10.2. The van der Waals surface area contributed by atoms with Crippen LogP contribution in [-0.2, 0) is 6.54 Å². The van der Waals surface area contributed by atoms with E-state index in [4.69, 9.17) is 22.1 Å². The van der Waals surface area contributed by atoms with Gasteiger partial charge < -0.3 is 10.5 Å². The molecule has 1 aromatic carbocycles. The molecular weight excluding hydrogens is 218 g/mol. The van der Waals surface area contributed by atoms with Crippen molar-refractivity contribution in [3.05, 3.63) is 28.8 Å². The van der Waals surface area contributed by atoms with E-state index in [0.29, 0.717) is 18.2 Å². The molecule has 0 spiro atoms. The first-order valence-electron chi connectivity index (χ1n) is 4.38. The van der Waals surface area contributed by atoms with Gasteiger partial charge in [0.15, 0.2) is 0 Å². The first-order valence-corrected chi connectivity index (χ1v) is 6.16. The molecule has 0 aromatic heterocycles. The SMILES string of the molecule is CSCCOc1cccc(Cl)c1CN. The van der Waals surface area contributed by atoms with Gasteiger partial charge in [0, 0.05) is 22.9 Å². The number of benzene rings is 1. The number of thioether (sulfide) groups is 1. The van der Waals surface area contributed by atoms with Crippen LogP contribution < -0.4 is 10.5 Å². The summed E-state index contributed by atoms with van der Waals surface area (Å²) in [5.74, 6) is 1.77. The van der Waals surface area contributed by atoms with Crippen molar-refractivity contribution in [3.63, 3.8) is 0 Å². The van der Waals surface area contributed by atoms with Gasteiger partial charge in [0.2, 0.25) is 0 Å². The topological polar surface area (TPSA) is 35.2 Å². The fourth-order valence-electron chi connectivity index (χ4n) is 1.11. The zero-order valence-corrected chi connectivity index (χ0v) is 9.70. The molecular formula is C10H14ClNOS. The van der Waals surface area contributed by atoms with Crippen LogP contribution in [0.1, 0.15) is 5.56 Å². The lowest BCUT2D eigenvalue weighted by Crippen LogP contribution is -2.05. The molecule has 0 aliphatic rings. The Balaban J connectivity index is 2.70. The molecule has 1 rings (SSSR count). The van der Waals surface area contributed by atoms with Gasteiger partial charge >= 0.3 is 0 Å². The third-order valence-electron chi connectivity index (χ3n) is 1.83. The Bertz CT molecular complexity index is 293. The Morgan fingerprint density at radius 3 is 2.93 bits per heavy atom. The predicted octanol–water partition coefficient (Wildman–Crippen LogP) is 2.54. The Hall–Kier alpha value is -0.380. The van der Waals surface area contributed by atoms with Crippen LogP contribution >= 0.6 is 23.4 Å². The summed E-state index contributed by atoms with van der Waals surface area (Å²) in [6.45, 7) is 1.10. The lowest BCUT2D eigenvalue weighted by Gasteiger charge is -2.10. The van der Waals surface area contributed by atoms with Crippen LogP contribution in [0.4, 0.5) is 0 Å². The molecule has 0 saturated carbocycles. The number of halogens is 1. The molecule has 0 radical (unpaired) electrons. The van der Waals surface area contributed by atoms with Crippen molar-refractivity contribution in [2.24, 2.45) is 5.73 Å². The number of rotatable bonds is 5. The van der Waals surface area contributed by atoms with Crippen molar-refractivity contribution in [2.75, 3.05) is 18.6 Å². The summed E-state index contributed by atoms with van der Waals surface area (Å²) in [4.78, 5) is 0. The molecule has 0 aliphatic heterocycles. The highest BCUT2D eigenvalue weighted by Crippen LogP contribution is 2.25. The summed E-state index contributed by atoms with van der Waals surface area (Å²) < 4.78 is 5.56. The Morgan fingerprint density at radius 2 is 2.29 bits per heavy atom. The van der Waals surface area contributed by atoms with E-state index in [9.17, 15) is 0 Å². The van der Waals surface area contributed by atoms with Crippen LogP contribution in [0, 0.1) is 0 Å². The first kappa shape index (κ1) is 11.7. The van der Waals surface area contributed by atoms with Crippen LogP contribution in [0.15, 0.2) is 18.2 Å². The zero-order valence-electron chi connectivity index (χ0n) is 8.13. The number of hydrogen-bond acceptors (Lipinski definition) is 3. The Morgan fingerprint density at radius 1 is 1.50 bits per heavy atom. The highest BCUT2D eigenvalue weighted by atomic mass is 35.5. The summed E-state index contributed by atoms with van der Waals surface area (Å²) in [5.41, 5.74) is 6.47. The molecule has 1 aromatic rings. The maximum Gasteiger partial charge on any atom is 0.125 e. The van der Waals surface area contributed by atoms with Gasteiger partial charge in [0.1, 0.15) is 5.75 Å². The first-order chi connectivity index (χ1) is 6.79. The molecule has 0 fully saturated rings. The van der Waals surface area contributed by atoms with Gasteiger partial charge in [-0.2, -0.15) is 11.8 Å². The van der Waals surface area contributed by atoms with E-state index >= 15 is 0 Å². The van der Waals surface area contributed by atoms with Gasteiger partial charge in [-0.25, -0.2) is 0 Å². The predicted molar refractivity (Wildman–Crippen MR) is 63.2 cm³/mol. The highest BCUT2D eigenvalue weighted by molar-refractivity contribution is 7.98. The van der Waals surface area contributed by atoms with Gasteiger partial charge in [-0.1, -0.05) is 17.7 Å². The quantitative estimate of drug-likeness (QED) is 0.792. The monoisotopic (exact) mass is 231 g/mol. The summed E-state index contributed by atoms with van der Waals surface area (Å²) in [7, 11) is 0. The van der Waals surface area contributed by atoms with E-state index in [1.807, 2.05) is 24.5 Å². The third kappa shape index (κ3) is 3.08. The minimum absolute atomic E-state index is 0.411. The van der Waals surface area contributed by atoms with Gasteiger partial charge in [0.05, 0.1) is 6.61 Å². The van der Waals surface area contributed by atoms with Crippen LogP contribution in [0.3, 0.4) is 0 Å². The third-order valence-corrected chi connectivity index (χ3v) is 2.75. The molecule has 2 nitrogen and oxygen atoms in total. The van der Waals surface area contributed by atoms with E-state index < -0.39 is 0 Å². The number of hydrogen-bond donors (Lipinski definition) is 1. The van der Waals surface area contributed by atoms with E-state index in [0.717, 1.165) is 17.1 Å². The van der Waals surface area contributed by atoms with Crippen molar-refractivity contribution < 1.29 is 4.74 Å². The molecule has 0 saturated heterocycles. The second kappa shape index (κ2) is 6.17. The summed E-state index contributed by atoms with van der Waals surface area (Å²) in [6.07, 6.45) is 2.05. The maximum atomic E-state index is 5.98. The Labute approximate surface area is 93.8 Å². The lowest BCUT2D eigenvalue weighted by atomic mass is 10.2.